The Bertz CT molecular complexity index is 1200. The summed E-state index contributed by atoms with van der Waals surface area (Å²) in [5, 5.41) is 3.27. The van der Waals surface area contributed by atoms with Crippen LogP contribution in [0.15, 0.2) is 77.7 Å². The third kappa shape index (κ3) is 5.35. The number of ether oxygens (including phenoxy) is 1. The fraction of sp³-hybridized carbons (Fsp3) is 0.174. The molecule has 1 amide bonds. The quantitative estimate of drug-likeness (QED) is 0.475. The summed E-state index contributed by atoms with van der Waals surface area (Å²) in [4.78, 5) is 13.0. The molecule has 0 aliphatic rings. The van der Waals surface area contributed by atoms with Crippen LogP contribution < -0.4 is 14.4 Å². The van der Waals surface area contributed by atoms with Crippen molar-refractivity contribution in [3.8, 4) is 5.75 Å². The molecule has 1 atom stereocenters. The number of benzene rings is 3. The van der Waals surface area contributed by atoms with Crippen LogP contribution in [-0.2, 0) is 14.8 Å². The molecule has 0 radical (unpaired) electrons. The number of sulfonamides is 1. The minimum atomic E-state index is -4.10. The first-order valence-corrected chi connectivity index (χ1v) is 11.9. The molecule has 0 aliphatic heterocycles. The lowest BCUT2D eigenvalue weighted by Gasteiger charge is -2.26. The molecule has 0 aromatic heterocycles. The van der Waals surface area contributed by atoms with Gasteiger partial charge in [0, 0.05) is 10.6 Å². The molecule has 0 aliphatic carbocycles. The fourth-order valence-electron chi connectivity index (χ4n) is 3.22. The molecule has 0 saturated heterocycles. The van der Waals surface area contributed by atoms with Crippen LogP contribution in [0.2, 0.25) is 10.0 Å². The largest absolute Gasteiger partial charge is 0.496 e. The first-order valence-electron chi connectivity index (χ1n) is 9.69. The zero-order chi connectivity index (χ0) is 23.3. The molecule has 3 aromatic carbocycles. The number of nitrogens with one attached hydrogen (secondary N) is 1. The normalized spacial score (nSPS) is 12.1. The van der Waals surface area contributed by atoms with Crippen LogP contribution in [0.3, 0.4) is 0 Å². The van der Waals surface area contributed by atoms with Gasteiger partial charge in [-0.2, -0.15) is 0 Å². The van der Waals surface area contributed by atoms with Crippen LogP contribution in [0.4, 0.5) is 5.69 Å². The number of halogens is 2. The molecule has 0 spiro atoms. The van der Waals surface area contributed by atoms with Gasteiger partial charge in [0.1, 0.15) is 12.3 Å². The highest BCUT2D eigenvalue weighted by molar-refractivity contribution is 7.92. The standard InChI is InChI=1S/C23H22Cl2N2O4S/c1-16(19-10-6-7-11-22(19)31-2)26-23(28)15-27(21-14-17(24)12-13-20(21)25)32(29,30)18-8-4-3-5-9-18/h3-14,16H,15H2,1-2H3,(H,26,28)/t16-/m0/s1. The molecule has 9 heteroatoms. The van der Waals surface area contributed by atoms with Gasteiger partial charge < -0.3 is 10.1 Å². The summed E-state index contributed by atoms with van der Waals surface area (Å²) in [7, 11) is -2.55. The second kappa shape index (κ2) is 10.3. The number of para-hydroxylation sites is 1. The number of anilines is 1. The third-order valence-electron chi connectivity index (χ3n) is 4.78. The van der Waals surface area contributed by atoms with Gasteiger partial charge in [-0.15, -0.1) is 0 Å². The topological polar surface area (TPSA) is 75.7 Å². The predicted octanol–water partition coefficient (Wildman–Crippen LogP) is 5.07. The molecular weight excluding hydrogens is 471 g/mol. The van der Waals surface area contributed by atoms with Gasteiger partial charge in [0.15, 0.2) is 0 Å². The molecule has 6 nitrogen and oxygen atoms in total. The Morgan fingerprint density at radius 3 is 2.38 bits per heavy atom. The highest BCUT2D eigenvalue weighted by atomic mass is 35.5. The van der Waals surface area contributed by atoms with Gasteiger partial charge >= 0.3 is 0 Å². The molecular formula is C23H22Cl2N2O4S. The van der Waals surface area contributed by atoms with Crippen molar-refractivity contribution in [1.29, 1.82) is 0 Å². The predicted molar refractivity (Wildman–Crippen MR) is 127 cm³/mol. The summed E-state index contributed by atoms with van der Waals surface area (Å²) >= 11 is 12.4. The summed E-state index contributed by atoms with van der Waals surface area (Å²) in [6.07, 6.45) is 0. The average Bonchev–Trinajstić information content (AvgIpc) is 2.79. The number of hydrogen-bond acceptors (Lipinski definition) is 4. The van der Waals surface area contributed by atoms with E-state index in [2.05, 4.69) is 5.32 Å². The van der Waals surface area contributed by atoms with E-state index in [0.29, 0.717) is 10.8 Å². The maximum absolute atomic E-state index is 13.4. The number of hydrogen-bond donors (Lipinski definition) is 1. The van der Waals surface area contributed by atoms with Gasteiger partial charge in [0.05, 0.1) is 28.8 Å². The summed E-state index contributed by atoms with van der Waals surface area (Å²) in [5.74, 6) is 0.103. The molecule has 0 unspecified atom stereocenters. The van der Waals surface area contributed by atoms with Gasteiger partial charge in [-0.3, -0.25) is 9.10 Å². The molecule has 3 aromatic rings. The van der Waals surface area contributed by atoms with Crippen molar-refractivity contribution in [2.75, 3.05) is 18.0 Å². The SMILES string of the molecule is COc1ccccc1[C@H](C)NC(=O)CN(c1cc(Cl)ccc1Cl)S(=O)(=O)c1ccccc1. The van der Waals surface area contributed by atoms with E-state index >= 15 is 0 Å². The Balaban J connectivity index is 1.94. The van der Waals surface area contributed by atoms with Crippen molar-refractivity contribution in [3.05, 3.63) is 88.4 Å². The van der Waals surface area contributed by atoms with Crippen LogP contribution >= 0.6 is 23.2 Å². The maximum Gasteiger partial charge on any atom is 0.264 e. The second-order valence-corrected chi connectivity index (χ2v) is 9.66. The lowest BCUT2D eigenvalue weighted by molar-refractivity contribution is -0.120. The Labute approximate surface area is 197 Å². The Morgan fingerprint density at radius 2 is 1.69 bits per heavy atom. The van der Waals surface area contributed by atoms with Crippen molar-refractivity contribution in [2.24, 2.45) is 0 Å². The van der Waals surface area contributed by atoms with Crippen LogP contribution in [0, 0.1) is 0 Å². The van der Waals surface area contributed by atoms with Crippen LogP contribution in [0.25, 0.3) is 0 Å². The molecule has 32 heavy (non-hydrogen) atoms. The van der Waals surface area contributed by atoms with E-state index in [9.17, 15) is 13.2 Å². The van der Waals surface area contributed by atoms with Crippen molar-refractivity contribution < 1.29 is 17.9 Å². The highest BCUT2D eigenvalue weighted by Gasteiger charge is 2.29. The lowest BCUT2D eigenvalue weighted by atomic mass is 10.1. The molecule has 0 heterocycles. The summed E-state index contributed by atoms with van der Waals surface area (Å²) in [6.45, 7) is 1.30. The van der Waals surface area contributed by atoms with Crippen LogP contribution in [0.1, 0.15) is 18.5 Å². The smallest absolute Gasteiger partial charge is 0.264 e. The second-order valence-electron chi connectivity index (χ2n) is 6.95. The van der Waals surface area contributed by atoms with Crippen molar-refractivity contribution in [3.63, 3.8) is 0 Å². The van der Waals surface area contributed by atoms with E-state index in [1.807, 2.05) is 18.2 Å². The average molecular weight is 493 g/mol. The van der Waals surface area contributed by atoms with Crippen LogP contribution in [0.5, 0.6) is 5.75 Å². The van der Waals surface area contributed by atoms with E-state index in [1.165, 1.54) is 24.3 Å². The summed E-state index contributed by atoms with van der Waals surface area (Å²) < 4.78 is 33.1. The fourth-order valence-corrected chi connectivity index (χ4v) is 5.10. The number of carbonyl (C=O) groups excluding carboxylic acids is 1. The molecule has 168 valence electrons. The first-order chi connectivity index (χ1) is 15.2. The number of rotatable bonds is 8. The number of amides is 1. The molecule has 1 N–H and O–H groups in total. The van der Waals surface area contributed by atoms with Gasteiger partial charge in [0.25, 0.3) is 10.0 Å². The van der Waals surface area contributed by atoms with Crippen molar-refractivity contribution >= 4 is 44.8 Å². The Hall–Kier alpha value is -2.74. The number of methoxy groups -OCH3 is 1. The van der Waals surface area contributed by atoms with E-state index < -0.39 is 28.5 Å². The lowest BCUT2D eigenvalue weighted by Crippen LogP contribution is -2.41. The first kappa shape index (κ1) is 23.9. The number of nitrogens with zero attached hydrogens (tertiary/aromatic N) is 1. The summed E-state index contributed by atoms with van der Waals surface area (Å²) in [6, 6.07) is 19.1. The molecule has 0 saturated carbocycles. The monoisotopic (exact) mass is 492 g/mol. The Morgan fingerprint density at radius 1 is 1.03 bits per heavy atom. The van der Waals surface area contributed by atoms with Gasteiger partial charge in [0.2, 0.25) is 5.91 Å². The van der Waals surface area contributed by atoms with E-state index in [4.69, 9.17) is 27.9 Å². The molecule has 3 rings (SSSR count). The Kier molecular flexibility index (Phi) is 7.66. The zero-order valence-corrected chi connectivity index (χ0v) is 19.8. The van der Waals surface area contributed by atoms with E-state index in [0.717, 1.165) is 9.87 Å². The minimum Gasteiger partial charge on any atom is -0.496 e. The van der Waals surface area contributed by atoms with Gasteiger partial charge in [-0.25, -0.2) is 8.42 Å². The highest BCUT2D eigenvalue weighted by Crippen LogP contribution is 2.33. The molecule has 0 fully saturated rings. The van der Waals surface area contributed by atoms with Crippen molar-refractivity contribution in [2.45, 2.75) is 17.9 Å². The van der Waals surface area contributed by atoms with Gasteiger partial charge in [-0.05, 0) is 43.3 Å². The van der Waals surface area contributed by atoms with Crippen molar-refractivity contribution in [1.82, 2.24) is 5.32 Å². The number of carbonyl (C=O) groups is 1. The minimum absolute atomic E-state index is 0.0293. The third-order valence-corrected chi connectivity index (χ3v) is 7.11. The van der Waals surface area contributed by atoms with E-state index in [1.54, 1.807) is 44.4 Å². The summed E-state index contributed by atoms with van der Waals surface area (Å²) in [5.41, 5.74) is 0.879. The van der Waals surface area contributed by atoms with Gasteiger partial charge in [-0.1, -0.05) is 59.6 Å². The zero-order valence-electron chi connectivity index (χ0n) is 17.5. The molecule has 0 bridgehead atoms. The van der Waals surface area contributed by atoms with E-state index in [-0.39, 0.29) is 15.6 Å². The van der Waals surface area contributed by atoms with Crippen LogP contribution in [-0.4, -0.2) is 28.0 Å². The maximum atomic E-state index is 13.4.